The molecule has 4 rings (SSSR count). The molecule has 0 bridgehead atoms. The molecule has 1 fully saturated rings. The predicted molar refractivity (Wildman–Crippen MR) is 106 cm³/mol. The van der Waals surface area contributed by atoms with Gasteiger partial charge in [-0.2, -0.15) is 0 Å². The number of likely N-dealkylation sites (tertiary alicyclic amines) is 1. The number of phenols is 1. The summed E-state index contributed by atoms with van der Waals surface area (Å²) in [6.45, 7) is 6.44. The van der Waals surface area contributed by atoms with Gasteiger partial charge in [0, 0.05) is 23.2 Å². The third-order valence-electron chi connectivity index (χ3n) is 5.23. The van der Waals surface area contributed by atoms with Crippen molar-refractivity contribution in [2.75, 3.05) is 18.4 Å². The van der Waals surface area contributed by atoms with E-state index < -0.39 is 0 Å². The molecule has 1 amide bonds. The Kier molecular flexibility index (Phi) is 4.62. The highest BCUT2D eigenvalue weighted by atomic mass is 16.3. The Morgan fingerprint density at radius 3 is 2.52 bits per heavy atom. The summed E-state index contributed by atoms with van der Waals surface area (Å²) >= 11 is 0. The van der Waals surface area contributed by atoms with Gasteiger partial charge < -0.3 is 14.8 Å². The molecule has 1 aromatic heterocycles. The maximum atomic E-state index is 13.0. The topological polar surface area (TPSA) is 65.7 Å². The summed E-state index contributed by atoms with van der Waals surface area (Å²) in [5.41, 5.74) is 3.76. The summed E-state index contributed by atoms with van der Waals surface area (Å²) in [6, 6.07) is 11.1. The average Bonchev–Trinajstić information content (AvgIpc) is 3.26. The van der Waals surface area contributed by atoms with Crippen LogP contribution in [0.15, 0.2) is 40.8 Å². The van der Waals surface area contributed by atoms with Crippen LogP contribution in [0, 0.1) is 13.8 Å². The molecular formula is C22H24N2O3. The maximum absolute atomic E-state index is 13.0. The van der Waals surface area contributed by atoms with E-state index in [0.717, 1.165) is 29.9 Å². The number of aryl methyl sites for hydroxylation is 2. The van der Waals surface area contributed by atoms with Crippen LogP contribution in [-0.4, -0.2) is 29.0 Å². The van der Waals surface area contributed by atoms with Crippen LogP contribution in [-0.2, 0) is 6.54 Å². The number of benzene rings is 2. The van der Waals surface area contributed by atoms with Crippen LogP contribution in [0.25, 0.3) is 11.0 Å². The van der Waals surface area contributed by atoms with Crippen molar-refractivity contribution >= 4 is 22.6 Å². The molecule has 2 aromatic carbocycles. The number of carbonyl (C=O) groups is 1. The number of fused-ring (bicyclic) bond motifs is 1. The highest BCUT2D eigenvalue weighted by Crippen LogP contribution is 2.35. The molecule has 0 spiro atoms. The zero-order chi connectivity index (χ0) is 19.0. The Balaban J connectivity index is 1.74. The molecule has 2 heterocycles. The zero-order valence-electron chi connectivity index (χ0n) is 15.7. The van der Waals surface area contributed by atoms with E-state index in [1.165, 1.54) is 12.8 Å². The van der Waals surface area contributed by atoms with Gasteiger partial charge in [-0.3, -0.25) is 9.69 Å². The Hall–Kier alpha value is -2.79. The number of amides is 1. The standard InChI is InChI=1S/C22H24N2O3/c1-14-5-7-16(8-6-14)23-22(26)20-15(2)27-19-10-9-18(25)17(21(19)20)13-24-11-3-4-12-24/h5-10,25H,3-4,11-13H2,1-2H3,(H,23,26). The number of phenolic OH excluding ortho intramolecular Hbond substituents is 1. The largest absolute Gasteiger partial charge is 0.508 e. The van der Waals surface area contributed by atoms with Crippen LogP contribution in [0.5, 0.6) is 5.75 Å². The van der Waals surface area contributed by atoms with Crippen LogP contribution in [0.4, 0.5) is 5.69 Å². The summed E-state index contributed by atoms with van der Waals surface area (Å²) in [6.07, 6.45) is 2.34. The Morgan fingerprint density at radius 1 is 1.11 bits per heavy atom. The number of hydrogen-bond donors (Lipinski definition) is 2. The lowest BCUT2D eigenvalue weighted by atomic mass is 10.0. The lowest BCUT2D eigenvalue weighted by Crippen LogP contribution is -2.19. The number of nitrogens with zero attached hydrogens (tertiary/aromatic N) is 1. The second kappa shape index (κ2) is 7.08. The Bertz CT molecular complexity index is 983. The second-order valence-corrected chi connectivity index (χ2v) is 7.27. The molecule has 0 aliphatic carbocycles. The van der Waals surface area contributed by atoms with E-state index in [1.807, 2.05) is 31.2 Å². The van der Waals surface area contributed by atoms with Crippen molar-refractivity contribution in [1.82, 2.24) is 4.90 Å². The van der Waals surface area contributed by atoms with Gasteiger partial charge in [0.2, 0.25) is 0 Å². The zero-order valence-corrected chi connectivity index (χ0v) is 15.7. The molecule has 5 nitrogen and oxygen atoms in total. The summed E-state index contributed by atoms with van der Waals surface area (Å²) in [7, 11) is 0. The predicted octanol–water partition coefficient (Wildman–Crippen LogP) is 4.60. The van der Waals surface area contributed by atoms with Crippen LogP contribution < -0.4 is 5.32 Å². The van der Waals surface area contributed by atoms with Crippen molar-refractivity contribution in [3.63, 3.8) is 0 Å². The smallest absolute Gasteiger partial charge is 0.259 e. The van der Waals surface area contributed by atoms with E-state index in [-0.39, 0.29) is 11.7 Å². The number of rotatable bonds is 4. The van der Waals surface area contributed by atoms with Gasteiger partial charge in [0.1, 0.15) is 17.1 Å². The Labute approximate surface area is 158 Å². The fourth-order valence-electron chi connectivity index (χ4n) is 3.79. The van der Waals surface area contributed by atoms with Crippen molar-refractivity contribution in [2.24, 2.45) is 0 Å². The molecule has 1 aliphatic rings. The molecule has 5 heteroatoms. The van der Waals surface area contributed by atoms with Crippen LogP contribution in [0.2, 0.25) is 0 Å². The summed E-state index contributed by atoms with van der Waals surface area (Å²) < 4.78 is 5.85. The number of hydrogen-bond acceptors (Lipinski definition) is 4. The van der Waals surface area contributed by atoms with Gasteiger partial charge in [0.15, 0.2) is 0 Å². The number of nitrogens with one attached hydrogen (secondary N) is 1. The van der Waals surface area contributed by atoms with Gasteiger partial charge in [-0.25, -0.2) is 0 Å². The van der Waals surface area contributed by atoms with Crippen LogP contribution >= 0.6 is 0 Å². The van der Waals surface area contributed by atoms with Crippen molar-refractivity contribution in [3.05, 3.63) is 58.8 Å². The van der Waals surface area contributed by atoms with Crippen molar-refractivity contribution in [1.29, 1.82) is 0 Å². The average molecular weight is 364 g/mol. The minimum absolute atomic E-state index is 0.208. The molecule has 0 atom stereocenters. The van der Waals surface area contributed by atoms with E-state index in [4.69, 9.17) is 4.42 Å². The second-order valence-electron chi connectivity index (χ2n) is 7.27. The molecule has 3 aromatic rings. The summed E-state index contributed by atoms with van der Waals surface area (Å²) in [5, 5.41) is 14.2. The van der Waals surface area contributed by atoms with Gasteiger partial charge in [0.25, 0.3) is 5.91 Å². The highest BCUT2D eigenvalue weighted by Gasteiger charge is 2.24. The molecule has 1 saturated heterocycles. The first-order chi connectivity index (χ1) is 13.0. The van der Waals surface area contributed by atoms with Crippen LogP contribution in [0.3, 0.4) is 0 Å². The normalized spacial score (nSPS) is 14.7. The molecule has 1 aliphatic heterocycles. The van der Waals surface area contributed by atoms with Crippen molar-refractivity contribution < 1.29 is 14.3 Å². The first-order valence-corrected chi connectivity index (χ1v) is 9.37. The fourth-order valence-corrected chi connectivity index (χ4v) is 3.79. The minimum atomic E-state index is -0.219. The minimum Gasteiger partial charge on any atom is -0.508 e. The molecule has 0 unspecified atom stereocenters. The lowest BCUT2D eigenvalue weighted by Gasteiger charge is -2.16. The quantitative estimate of drug-likeness (QED) is 0.710. The number of aromatic hydroxyl groups is 1. The van der Waals surface area contributed by atoms with Gasteiger partial charge in [-0.1, -0.05) is 17.7 Å². The van der Waals surface area contributed by atoms with E-state index in [9.17, 15) is 9.90 Å². The molecule has 140 valence electrons. The van der Waals surface area contributed by atoms with Gasteiger partial charge in [-0.15, -0.1) is 0 Å². The first-order valence-electron chi connectivity index (χ1n) is 9.37. The molecule has 2 N–H and O–H groups in total. The van der Waals surface area contributed by atoms with Crippen molar-refractivity contribution in [3.8, 4) is 5.75 Å². The number of furan rings is 1. The summed E-state index contributed by atoms with van der Waals surface area (Å²) in [4.78, 5) is 15.3. The van der Waals surface area contributed by atoms with Gasteiger partial charge >= 0.3 is 0 Å². The Morgan fingerprint density at radius 2 is 1.81 bits per heavy atom. The summed E-state index contributed by atoms with van der Waals surface area (Å²) in [5.74, 6) is 0.547. The maximum Gasteiger partial charge on any atom is 0.259 e. The van der Waals surface area contributed by atoms with Gasteiger partial charge in [0.05, 0.1) is 5.56 Å². The first kappa shape index (κ1) is 17.6. The molecule has 27 heavy (non-hydrogen) atoms. The third-order valence-corrected chi connectivity index (χ3v) is 5.23. The van der Waals surface area contributed by atoms with E-state index in [0.29, 0.717) is 28.8 Å². The molecule has 0 radical (unpaired) electrons. The SMILES string of the molecule is Cc1ccc(NC(=O)c2c(C)oc3ccc(O)c(CN4CCCC4)c23)cc1. The lowest BCUT2D eigenvalue weighted by molar-refractivity contribution is 0.102. The third kappa shape index (κ3) is 3.43. The van der Waals surface area contributed by atoms with E-state index in [1.54, 1.807) is 19.1 Å². The van der Waals surface area contributed by atoms with E-state index in [2.05, 4.69) is 10.2 Å². The highest BCUT2D eigenvalue weighted by molar-refractivity contribution is 6.14. The molecule has 0 saturated carbocycles. The van der Waals surface area contributed by atoms with E-state index >= 15 is 0 Å². The number of anilines is 1. The van der Waals surface area contributed by atoms with Crippen molar-refractivity contribution in [2.45, 2.75) is 33.2 Å². The van der Waals surface area contributed by atoms with Crippen LogP contribution in [0.1, 0.15) is 40.1 Å². The fraction of sp³-hybridized carbons (Fsp3) is 0.318. The molecular weight excluding hydrogens is 340 g/mol. The monoisotopic (exact) mass is 364 g/mol. The van der Waals surface area contributed by atoms with Gasteiger partial charge in [-0.05, 0) is 64.0 Å². The number of carbonyl (C=O) groups excluding carboxylic acids is 1.